The average molecular weight is 194 g/mol. The quantitative estimate of drug-likeness (QED) is 0.638. The molecule has 1 aromatic heterocycles. The molecule has 0 saturated carbocycles. The summed E-state index contributed by atoms with van der Waals surface area (Å²) >= 11 is 0. The van der Waals surface area contributed by atoms with Crippen LogP contribution < -0.4 is 0 Å². The summed E-state index contributed by atoms with van der Waals surface area (Å²) in [6, 6.07) is 0. The molecular weight excluding hydrogens is 180 g/mol. The number of aromatic nitrogens is 3. The van der Waals surface area contributed by atoms with Gasteiger partial charge in [0.1, 0.15) is 5.69 Å². The lowest BCUT2D eigenvalue weighted by Gasteiger charge is -2.09. The van der Waals surface area contributed by atoms with Crippen molar-refractivity contribution in [2.45, 2.75) is 13.0 Å². The largest absolute Gasteiger partial charge is 0.306 e. The Hall–Kier alpha value is -1.23. The van der Waals surface area contributed by atoms with Gasteiger partial charge in [-0.3, -0.25) is 9.48 Å². The normalized spacial score (nSPS) is 22.8. The summed E-state index contributed by atoms with van der Waals surface area (Å²) in [7, 11) is 2.12. The fraction of sp³-hybridized carbons (Fsp3) is 0.667. The van der Waals surface area contributed by atoms with E-state index in [-0.39, 0.29) is 0 Å². The fourth-order valence-corrected chi connectivity index (χ4v) is 1.90. The van der Waals surface area contributed by atoms with Crippen LogP contribution in [0.2, 0.25) is 0 Å². The Kier molecular flexibility index (Phi) is 2.58. The third-order valence-corrected chi connectivity index (χ3v) is 2.61. The molecule has 0 N–H and O–H groups in total. The van der Waals surface area contributed by atoms with Crippen LogP contribution in [0.25, 0.3) is 0 Å². The molecule has 5 nitrogen and oxygen atoms in total. The number of hydrogen-bond acceptors (Lipinski definition) is 4. The van der Waals surface area contributed by atoms with Gasteiger partial charge < -0.3 is 4.90 Å². The van der Waals surface area contributed by atoms with E-state index < -0.39 is 0 Å². The summed E-state index contributed by atoms with van der Waals surface area (Å²) in [5.41, 5.74) is 0.413. The lowest BCUT2D eigenvalue weighted by molar-refractivity contribution is 0.111. The van der Waals surface area contributed by atoms with Gasteiger partial charge >= 0.3 is 0 Å². The summed E-state index contributed by atoms with van der Waals surface area (Å²) < 4.78 is 1.76. The van der Waals surface area contributed by atoms with Gasteiger partial charge in [-0.15, -0.1) is 5.10 Å². The van der Waals surface area contributed by atoms with Crippen LogP contribution in [0.1, 0.15) is 16.9 Å². The molecule has 1 aliphatic heterocycles. The Morgan fingerprint density at radius 3 is 3.14 bits per heavy atom. The van der Waals surface area contributed by atoms with E-state index in [4.69, 9.17) is 0 Å². The summed E-state index contributed by atoms with van der Waals surface area (Å²) in [4.78, 5) is 12.7. The molecular formula is C9H14N4O. The third-order valence-electron chi connectivity index (χ3n) is 2.61. The van der Waals surface area contributed by atoms with Crippen LogP contribution in [0.4, 0.5) is 0 Å². The molecule has 0 spiro atoms. The van der Waals surface area contributed by atoms with E-state index in [0.29, 0.717) is 11.6 Å². The van der Waals surface area contributed by atoms with Crippen LogP contribution in [-0.2, 0) is 6.54 Å². The zero-order chi connectivity index (χ0) is 9.97. The van der Waals surface area contributed by atoms with Gasteiger partial charge in [0.2, 0.25) is 0 Å². The van der Waals surface area contributed by atoms with Gasteiger partial charge in [0, 0.05) is 13.1 Å². The molecule has 14 heavy (non-hydrogen) atoms. The first kappa shape index (κ1) is 9.33. The molecule has 1 aromatic rings. The number of hydrogen-bond donors (Lipinski definition) is 0. The number of nitrogens with zero attached hydrogens (tertiary/aromatic N) is 4. The predicted molar refractivity (Wildman–Crippen MR) is 51.0 cm³/mol. The second-order valence-electron chi connectivity index (χ2n) is 3.90. The number of rotatable bonds is 3. The molecule has 1 fully saturated rings. The average Bonchev–Trinajstić information content (AvgIpc) is 2.76. The highest BCUT2D eigenvalue weighted by Crippen LogP contribution is 2.15. The lowest BCUT2D eigenvalue weighted by atomic mass is 10.1. The zero-order valence-corrected chi connectivity index (χ0v) is 8.26. The van der Waals surface area contributed by atoms with Crippen LogP contribution in [0.3, 0.4) is 0 Å². The van der Waals surface area contributed by atoms with Crippen molar-refractivity contribution in [3.8, 4) is 0 Å². The van der Waals surface area contributed by atoms with Crippen molar-refractivity contribution in [1.82, 2.24) is 19.9 Å². The predicted octanol–water partition coefficient (Wildman–Crippen LogP) is 0.0423. The summed E-state index contributed by atoms with van der Waals surface area (Å²) in [6.45, 7) is 3.13. The second-order valence-corrected chi connectivity index (χ2v) is 3.90. The maximum atomic E-state index is 10.4. The van der Waals surface area contributed by atoms with Crippen LogP contribution >= 0.6 is 0 Å². The summed E-state index contributed by atoms with van der Waals surface area (Å²) in [5.74, 6) is 0.640. The van der Waals surface area contributed by atoms with Crippen molar-refractivity contribution >= 4 is 6.29 Å². The van der Waals surface area contributed by atoms with Crippen LogP contribution in [0.5, 0.6) is 0 Å². The summed E-state index contributed by atoms with van der Waals surface area (Å²) in [5, 5.41) is 7.62. The van der Waals surface area contributed by atoms with Gasteiger partial charge in [0.15, 0.2) is 6.29 Å². The number of aldehydes is 1. The van der Waals surface area contributed by atoms with Gasteiger partial charge in [-0.1, -0.05) is 5.21 Å². The Bertz CT molecular complexity index is 322. The van der Waals surface area contributed by atoms with E-state index >= 15 is 0 Å². The maximum absolute atomic E-state index is 10.4. The van der Waals surface area contributed by atoms with E-state index in [1.54, 1.807) is 10.9 Å². The highest BCUT2D eigenvalue weighted by Gasteiger charge is 2.20. The second kappa shape index (κ2) is 3.88. The van der Waals surface area contributed by atoms with Crippen LogP contribution in [0.15, 0.2) is 6.20 Å². The van der Waals surface area contributed by atoms with Gasteiger partial charge in [-0.05, 0) is 25.9 Å². The molecule has 0 aliphatic carbocycles. The van der Waals surface area contributed by atoms with Crippen molar-refractivity contribution in [3.63, 3.8) is 0 Å². The highest BCUT2D eigenvalue weighted by molar-refractivity contribution is 5.70. The van der Waals surface area contributed by atoms with Crippen molar-refractivity contribution in [2.75, 3.05) is 20.1 Å². The molecule has 2 heterocycles. The van der Waals surface area contributed by atoms with Gasteiger partial charge in [0.25, 0.3) is 0 Å². The molecule has 0 aromatic carbocycles. The first-order valence-corrected chi connectivity index (χ1v) is 4.82. The minimum absolute atomic E-state index is 0.413. The molecule has 0 unspecified atom stereocenters. The SMILES string of the molecule is CN1CC[C@H](Cn2cc(C=O)nn2)C1. The fourth-order valence-electron chi connectivity index (χ4n) is 1.90. The van der Waals surface area contributed by atoms with Crippen molar-refractivity contribution in [1.29, 1.82) is 0 Å². The monoisotopic (exact) mass is 194 g/mol. The Labute approximate surface area is 82.7 Å². The smallest absolute Gasteiger partial charge is 0.171 e. The Morgan fingerprint density at radius 2 is 2.57 bits per heavy atom. The number of carbonyl (C=O) groups is 1. The van der Waals surface area contributed by atoms with E-state index in [9.17, 15) is 4.79 Å². The van der Waals surface area contributed by atoms with E-state index in [0.717, 1.165) is 25.9 Å². The van der Waals surface area contributed by atoms with Crippen LogP contribution in [-0.4, -0.2) is 46.3 Å². The molecule has 76 valence electrons. The topological polar surface area (TPSA) is 51.0 Å². The van der Waals surface area contributed by atoms with Crippen molar-refractivity contribution in [2.24, 2.45) is 5.92 Å². The van der Waals surface area contributed by atoms with Gasteiger partial charge in [0.05, 0.1) is 6.20 Å². The standard InChI is InChI=1S/C9H14N4O/c1-12-3-2-8(4-12)5-13-6-9(7-14)10-11-13/h6-8H,2-5H2,1H3/t8-/m0/s1. The number of likely N-dealkylation sites (tertiary alicyclic amines) is 1. The van der Waals surface area contributed by atoms with Gasteiger partial charge in [-0.2, -0.15) is 0 Å². The van der Waals surface area contributed by atoms with Crippen LogP contribution in [0, 0.1) is 5.92 Å². The summed E-state index contributed by atoms with van der Waals surface area (Å²) in [6.07, 6.45) is 3.63. The molecule has 1 atom stereocenters. The Morgan fingerprint density at radius 1 is 1.71 bits per heavy atom. The Balaban J connectivity index is 1.93. The minimum Gasteiger partial charge on any atom is -0.306 e. The molecule has 1 saturated heterocycles. The molecule has 0 radical (unpaired) electrons. The molecule has 5 heteroatoms. The van der Waals surface area contributed by atoms with Crippen molar-refractivity contribution in [3.05, 3.63) is 11.9 Å². The first-order chi connectivity index (χ1) is 6.78. The van der Waals surface area contributed by atoms with E-state index in [1.165, 1.54) is 6.42 Å². The molecule has 0 bridgehead atoms. The molecule has 0 amide bonds. The highest BCUT2D eigenvalue weighted by atomic mass is 16.1. The molecule has 1 aliphatic rings. The number of carbonyl (C=O) groups excluding carboxylic acids is 1. The molecule has 2 rings (SSSR count). The van der Waals surface area contributed by atoms with Gasteiger partial charge in [-0.25, -0.2) is 0 Å². The van der Waals surface area contributed by atoms with E-state index in [1.807, 2.05) is 0 Å². The van der Waals surface area contributed by atoms with E-state index in [2.05, 4.69) is 22.3 Å². The minimum atomic E-state index is 0.413. The lowest BCUT2D eigenvalue weighted by Crippen LogP contribution is -2.17. The van der Waals surface area contributed by atoms with Crippen molar-refractivity contribution < 1.29 is 4.79 Å². The maximum Gasteiger partial charge on any atom is 0.171 e. The third kappa shape index (κ3) is 1.98. The first-order valence-electron chi connectivity index (χ1n) is 4.82. The zero-order valence-electron chi connectivity index (χ0n) is 8.26.